The van der Waals surface area contributed by atoms with Gasteiger partial charge in [0.05, 0.1) is 18.4 Å². The minimum Gasteiger partial charge on any atom is -0.481 e. The second kappa shape index (κ2) is 7.95. The molecule has 1 unspecified atom stereocenters. The summed E-state index contributed by atoms with van der Waals surface area (Å²) in [4.78, 5) is 35.0. The number of hydrogen-bond acceptors (Lipinski definition) is 3. The van der Waals surface area contributed by atoms with E-state index in [-0.39, 0.29) is 24.3 Å². The highest BCUT2D eigenvalue weighted by molar-refractivity contribution is 5.80. The van der Waals surface area contributed by atoms with Gasteiger partial charge in [0, 0.05) is 13.0 Å². The summed E-state index contributed by atoms with van der Waals surface area (Å²) in [6.45, 7) is 3.38. The first-order chi connectivity index (χ1) is 11.4. The number of carbonyl (C=O) groups is 3. The van der Waals surface area contributed by atoms with Crippen molar-refractivity contribution in [2.45, 2.75) is 51.6 Å². The molecule has 0 spiro atoms. The van der Waals surface area contributed by atoms with Crippen molar-refractivity contribution in [3.63, 3.8) is 0 Å². The number of amides is 2. The van der Waals surface area contributed by atoms with Gasteiger partial charge in [0.1, 0.15) is 0 Å². The highest BCUT2D eigenvalue weighted by Gasteiger charge is 2.34. The average molecular weight is 332 g/mol. The van der Waals surface area contributed by atoms with E-state index in [4.69, 9.17) is 0 Å². The quantitative estimate of drug-likeness (QED) is 0.742. The van der Waals surface area contributed by atoms with Gasteiger partial charge in [-0.3, -0.25) is 14.4 Å². The van der Waals surface area contributed by atoms with Crippen molar-refractivity contribution >= 4 is 17.8 Å². The minimum atomic E-state index is -0.866. The molecule has 1 saturated carbocycles. The van der Waals surface area contributed by atoms with E-state index < -0.39 is 17.9 Å². The van der Waals surface area contributed by atoms with Gasteiger partial charge in [0.25, 0.3) is 0 Å². The molecule has 0 aromatic heterocycles. The number of aryl methyl sites for hydroxylation is 1. The number of carboxylic acids is 1. The Bertz CT molecular complexity index is 612. The van der Waals surface area contributed by atoms with Crippen LogP contribution in [0, 0.1) is 12.8 Å². The third-order valence-corrected chi connectivity index (χ3v) is 4.43. The highest BCUT2D eigenvalue weighted by Crippen LogP contribution is 2.26. The zero-order valence-corrected chi connectivity index (χ0v) is 14.0. The van der Waals surface area contributed by atoms with Crippen LogP contribution in [-0.4, -0.2) is 28.9 Å². The van der Waals surface area contributed by atoms with Crippen molar-refractivity contribution in [2.75, 3.05) is 0 Å². The lowest BCUT2D eigenvalue weighted by Gasteiger charge is -2.21. The fourth-order valence-electron chi connectivity index (χ4n) is 3.18. The maximum atomic E-state index is 12.3. The number of benzene rings is 1. The van der Waals surface area contributed by atoms with E-state index in [9.17, 15) is 19.5 Å². The molecule has 2 rings (SSSR count). The maximum Gasteiger partial charge on any atom is 0.308 e. The Balaban J connectivity index is 2.03. The molecule has 1 aliphatic carbocycles. The molecular formula is C18H24N2O4. The summed E-state index contributed by atoms with van der Waals surface area (Å²) in [5, 5.41) is 14.8. The third kappa shape index (κ3) is 4.81. The molecule has 2 amide bonds. The fraction of sp³-hybridized carbons (Fsp3) is 0.500. The van der Waals surface area contributed by atoms with Crippen molar-refractivity contribution < 1.29 is 19.5 Å². The van der Waals surface area contributed by atoms with Crippen molar-refractivity contribution in [1.82, 2.24) is 10.6 Å². The zero-order chi connectivity index (χ0) is 17.7. The molecule has 0 aliphatic heterocycles. The molecule has 0 radical (unpaired) electrons. The Morgan fingerprint density at radius 1 is 1.21 bits per heavy atom. The van der Waals surface area contributed by atoms with Crippen LogP contribution in [0.2, 0.25) is 0 Å². The molecule has 1 aliphatic rings. The van der Waals surface area contributed by atoms with E-state index in [0.29, 0.717) is 12.8 Å². The molecule has 3 atom stereocenters. The summed E-state index contributed by atoms with van der Waals surface area (Å²) < 4.78 is 0. The normalized spacial score (nSPS) is 21.1. The van der Waals surface area contributed by atoms with Gasteiger partial charge in [-0.1, -0.05) is 36.2 Å². The van der Waals surface area contributed by atoms with Crippen molar-refractivity contribution in [3.05, 3.63) is 35.4 Å². The first kappa shape index (κ1) is 18.0. The average Bonchev–Trinajstić information content (AvgIpc) is 2.95. The van der Waals surface area contributed by atoms with Crippen LogP contribution < -0.4 is 10.6 Å². The van der Waals surface area contributed by atoms with Crippen molar-refractivity contribution in [2.24, 2.45) is 5.92 Å². The first-order valence-electron chi connectivity index (χ1n) is 8.22. The van der Waals surface area contributed by atoms with Crippen LogP contribution in [-0.2, 0) is 14.4 Å². The van der Waals surface area contributed by atoms with Gasteiger partial charge < -0.3 is 15.7 Å². The molecule has 1 fully saturated rings. The van der Waals surface area contributed by atoms with Crippen LogP contribution in [0.15, 0.2) is 24.3 Å². The maximum absolute atomic E-state index is 12.3. The van der Waals surface area contributed by atoms with Crippen LogP contribution in [0.1, 0.15) is 49.8 Å². The third-order valence-electron chi connectivity index (χ3n) is 4.43. The highest BCUT2D eigenvalue weighted by atomic mass is 16.4. The number of rotatable bonds is 6. The Morgan fingerprint density at radius 3 is 2.46 bits per heavy atom. The number of carbonyl (C=O) groups excluding carboxylic acids is 2. The Morgan fingerprint density at radius 2 is 1.88 bits per heavy atom. The van der Waals surface area contributed by atoms with Crippen LogP contribution in [0.5, 0.6) is 0 Å². The van der Waals surface area contributed by atoms with Gasteiger partial charge in [0.15, 0.2) is 0 Å². The second-order valence-electron chi connectivity index (χ2n) is 6.42. The van der Waals surface area contributed by atoms with Gasteiger partial charge in [0.2, 0.25) is 11.8 Å². The van der Waals surface area contributed by atoms with E-state index in [1.807, 2.05) is 31.2 Å². The molecule has 130 valence electrons. The van der Waals surface area contributed by atoms with E-state index >= 15 is 0 Å². The van der Waals surface area contributed by atoms with Gasteiger partial charge in [-0.25, -0.2) is 0 Å². The molecule has 0 heterocycles. The lowest BCUT2D eigenvalue weighted by Crippen LogP contribution is -2.41. The van der Waals surface area contributed by atoms with E-state index in [1.165, 1.54) is 6.92 Å². The van der Waals surface area contributed by atoms with Gasteiger partial charge in [-0.15, -0.1) is 0 Å². The lowest BCUT2D eigenvalue weighted by molar-refractivity contribution is -0.142. The molecule has 24 heavy (non-hydrogen) atoms. The second-order valence-corrected chi connectivity index (χ2v) is 6.42. The van der Waals surface area contributed by atoms with E-state index in [1.54, 1.807) is 0 Å². The molecular weight excluding hydrogens is 308 g/mol. The van der Waals surface area contributed by atoms with E-state index in [0.717, 1.165) is 17.5 Å². The Kier molecular flexibility index (Phi) is 5.95. The van der Waals surface area contributed by atoms with Gasteiger partial charge in [-0.2, -0.15) is 0 Å². The molecule has 6 nitrogen and oxygen atoms in total. The predicted octanol–water partition coefficient (Wildman–Crippen LogP) is 1.93. The Labute approximate surface area is 141 Å². The van der Waals surface area contributed by atoms with Crippen LogP contribution in [0.25, 0.3) is 0 Å². The number of hydrogen-bond donors (Lipinski definition) is 3. The fourth-order valence-corrected chi connectivity index (χ4v) is 3.18. The molecule has 1 aromatic rings. The van der Waals surface area contributed by atoms with Crippen LogP contribution in [0.3, 0.4) is 0 Å². The molecule has 3 N–H and O–H groups in total. The molecule has 0 saturated heterocycles. The monoisotopic (exact) mass is 332 g/mol. The summed E-state index contributed by atoms with van der Waals surface area (Å²) in [6, 6.07) is 6.88. The molecule has 1 aromatic carbocycles. The predicted molar refractivity (Wildman–Crippen MR) is 89.3 cm³/mol. The molecule has 6 heteroatoms. The zero-order valence-electron chi connectivity index (χ0n) is 14.0. The van der Waals surface area contributed by atoms with Gasteiger partial charge in [-0.05, 0) is 25.3 Å². The standard InChI is InChI=1S/C18H24N2O4/c1-11-6-8-13(9-7-11)16(19-12(2)21)10-17(22)20-15-5-3-4-14(15)18(23)24/h6-9,14-16H,3-5,10H2,1-2H3,(H,19,21)(H,20,22)(H,23,24)/t14-,15+,16?/m0/s1. The smallest absolute Gasteiger partial charge is 0.308 e. The first-order valence-corrected chi connectivity index (χ1v) is 8.22. The topological polar surface area (TPSA) is 95.5 Å². The largest absolute Gasteiger partial charge is 0.481 e. The SMILES string of the molecule is CC(=O)NC(CC(=O)N[C@@H]1CCC[C@@H]1C(=O)O)c1ccc(C)cc1. The van der Waals surface area contributed by atoms with Crippen molar-refractivity contribution in [1.29, 1.82) is 0 Å². The van der Waals surface area contributed by atoms with E-state index in [2.05, 4.69) is 10.6 Å². The summed E-state index contributed by atoms with van der Waals surface area (Å²) >= 11 is 0. The Hall–Kier alpha value is -2.37. The summed E-state index contributed by atoms with van der Waals surface area (Å²) in [7, 11) is 0. The van der Waals surface area contributed by atoms with Gasteiger partial charge >= 0.3 is 5.97 Å². The number of aliphatic carboxylic acids is 1. The summed E-state index contributed by atoms with van der Waals surface area (Å²) in [5.41, 5.74) is 1.95. The summed E-state index contributed by atoms with van der Waals surface area (Å²) in [5.74, 6) is -1.84. The summed E-state index contributed by atoms with van der Waals surface area (Å²) in [6.07, 6.45) is 2.16. The van der Waals surface area contributed by atoms with Crippen molar-refractivity contribution in [3.8, 4) is 0 Å². The van der Waals surface area contributed by atoms with Crippen LogP contribution >= 0.6 is 0 Å². The minimum absolute atomic E-state index is 0.0888. The number of nitrogens with one attached hydrogen (secondary N) is 2. The van der Waals surface area contributed by atoms with Crippen LogP contribution in [0.4, 0.5) is 0 Å². The lowest BCUT2D eigenvalue weighted by atomic mass is 10.0. The molecule has 0 bridgehead atoms. The number of carboxylic acid groups (broad SMARTS) is 1.